The Morgan fingerprint density at radius 2 is 1.41 bits per heavy atom. The molecule has 4 rings (SSSR count). The van der Waals surface area contributed by atoms with Crippen LogP contribution in [-0.2, 0) is 9.59 Å². The molecule has 0 bridgehead atoms. The summed E-state index contributed by atoms with van der Waals surface area (Å²) in [6.07, 6.45) is 3.41. The molecule has 2 aliphatic rings. The lowest BCUT2D eigenvalue weighted by molar-refractivity contribution is -0.126. The third kappa shape index (κ3) is 5.12. The highest BCUT2D eigenvalue weighted by atomic mass is 16.1. The highest BCUT2D eigenvalue weighted by molar-refractivity contribution is 5.86. The zero-order valence-corrected chi connectivity index (χ0v) is 15.9. The van der Waals surface area contributed by atoms with Crippen LogP contribution in [0.3, 0.4) is 0 Å². The summed E-state index contributed by atoms with van der Waals surface area (Å²) in [7, 11) is 2.02. The first-order valence-electron chi connectivity index (χ1n) is 9.76. The molecule has 2 atom stereocenters. The summed E-state index contributed by atoms with van der Waals surface area (Å²) in [6.45, 7) is 1.97. The second-order valence-corrected chi connectivity index (χ2v) is 7.23. The van der Waals surface area contributed by atoms with E-state index in [-0.39, 0.29) is 12.1 Å². The second-order valence-electron chi connectivity index (χ2n) is 7.23. The van der Waals surface area contributed by atoms with E-state index < -0.39 is 0 Å². The first-order chi connectivity index (χ1) is 13.2. The lowest BCUT2D eigenvalue weighted by Crippen LogP contribution is -2.36. The molecular weight excluding hydrogens is 336 g/mol. The van der Waals surface area contributed by atoms with Crippen LogP contribution in [0.25, 0.3) is 0 Å². The van der Waals surface area contributed by atoms with E-state index in [9.17, 15) is 9.59 Å². The predicted octanol–water partition coefficient (Wildman–Crippen LogP) is 3.70. The van der Waals surface area contributed by atoms with Gasteiger partial charge in [-0.3, -0.25) is 14.5 Å². The number of piperidine rings is 2. The minimum atomic E-state index is -0.0602. The molecule has 2 fully saturated rings. The molecule has 4 heteroatoms. The largest absolute Gasteiger partial charge is 0.304 e. The van der Waals surface area contributed by atoms with Crippen LogP contribution in [0.2, 0.25) is 0 Å². The molecule has 0 aromatic heterocycles. The van der Waals surface area contributed by atoms with Gasteiger partial charge in [-0.1, -0.05) is 60.7 Å². The molecule has 0 amide bonds. The van der Waals surface area contributed by atoms with Crippen molar-refractivity contribution in [2.75, 3.05) is 20.1 Å². The van der Waals surface area contributed by atoms with E-state index in [4.69, 9.17) is 0 Å². The van der Waals surface area contributed by atoms with Crippen molar-refractivity contribution in [2.45, 2.75) is 37.8 Å². The molecule has 4 nitrogen and oxygen atoms in total. The Hall–Kier alpha value is -2.30. The van der Waals surface area contributed by atoms with E-state index in [1.54, 1.807) is 0 Å². The summed E-state index contributed by atoms with van der Waals surface area (Å²) >= 11 is 0. The Kier molecular flexibility index (Phi) is 6.91. The molecular formula is C23H28N2O2. The average Bonchev–Trinajstić information content (AvgIpc) is 2.70. The molecule has 0 aliphatic carbocycles. The maximum atomic E-state index is 11.8. The minimum absolute atomic E-state index is 0.00931. The zero-order chi connectivity index (χ0) is 19.1. The van der Waals surface area contributed by atoms with Crippen molar-refractivity contribution in [3.63, 3.8) is 0 Å². The fourth-order valence-corrected chi connectivity index (χ4v) is 3.81. The molecule has 27 heavy (non-hydrogen) atoms. The number of hydrogen-bond acceptors (Lipinski definition) is 4. The van der Waals surface area contributed by atoms with Gasteiger partial charge in [0.1, 0.15) is 0 Å². The lowest BCUT2D eigenvalue weighted by atomic mass is 9.95. The van der Waals surface area contributed by atoms with Crippen LogP contribution in [0.5, 0.6) is 0 Å². The maximum absolute atomic E-state index is 11.8. The van der Waals surface area contributed by atoms with Gasteiger partial charge in [0.15, 0.2) is 11.6 Å². The summed E-state index contributed by atoms with van der Waals surface area (Å²) in [5, 5.41) is 3.24. The number of rotatable bonds is 2. The van der Waals surface area contributed by atoms with Gasteiger partial charge in [0.25, 0.3) is 0 Å². The third-order valence-electron chi connectivity index (χ3n) is 5.20. The summed E-state index contributed by atoms with van der Waals surface area (Å²) in [6, 6.07) is 19.9. The van der Waals surface area contributed by atoms with E-state index in [1.165, 1.54) is 0 Å². The number of nitrogens with zero attached hydrogens (tertiary/aromatic N) is 1. The molecule has 0 spiro atoms. The van der Waals surface area contributed by atoms with Crippen molar-refractivity contribution in [2.24, 2.45) is 0 Å². The normalized spacial score (nSPS) is 23.4. The van der Waals surface area contributed by atoms with Crippen LogP contribution in [0, 0.1) is 0 Å². The van der Waals surface area contributed by atoms with Gasteiger partial charge in [0, 0.05) is 12.8 Å². The van der Waals surface area contributed by atoms with Crippen LogP contribution in [0.1, 0.15) is 48.9 Å². The molecule has 2 saturated heterocycles. The minimum Gasteiger partial charge on any atom is -0.304 e. The first kappa shape index (κ1) is 19.5. The van der Waals surface area contributed by atoms with Crippen molar-refractivity contribution in [1.29, 1.82) is 0 Å². The second kappa shape index (κ2) is 9.58. The van der Waals surface area contributed by atoms with Crippen molar-refractivity contribution in [3.05, 3.63) is 71.8 Å². The number of Topliss-reactive ketones (excluding diaryl/α,β-unsaturated/α-hetero) is 2. The Morgan fingerprint density at radius 3 is 2.00 bits per heavy atom. The Bertz CT molecular complexity index is 745. The number of hydrogen-bond donors (Lipinski definition) is 1. The van der Waals surface area contributed by atoms with Crippen molar-refractivity contribution in [3.8, 4) is 0 Å². The van der Waals surface area contributed by atoms with Gasteiger partial charge in [-0.2, -0.15) is 0 Å². The molecule has 2 aromatic carbocycles. The highest BCUT2D eigenvalue weighted by Gasteiger charge is 2.27. The number of benzene rings is 2. The van der Waals surface area contributed by atoms with Crippen LogP contribution in [0.4, 0.5) is 0 Å². The fraction of sp³-hybridized carbons (Fsp3) is 0.391. The van der Waals surface area contributed by atoms with Gasteiger partial charge in [-0.05, 0) is 44.1 Å². The van der Waals surface area contributed by atoms with E-state index in [0.717, 1.165) is 43.5 Å². The number of nitrogens with one attached hydrogen (secondary N) is 1. The third-order valence-corrected chi connectivity index (χ3v) is 5.20. The monoisotopic (exact) mass is 364 g/mol. The van der Waals surface area contributed by atoms with Crippen LogP contribution in [0.15, 0.2) is 60.7 Å². The summed E-state index contributed by atoms with van der Waals surface area (Å²) < 4.78 is 0. The van der Waals surface area contributed by atoms with Gasteiger partial charge in [-0.15, -0.1) is 0 Å². The number of likely N-dealkylation sites (N-methyl/N-ethyl adjacent to an activating group) is 1. The van der Waals surface area contributed by atoms with Crippen LogP contribution < -0.4 is 5.32 Å². The van der Waals surface area contributed by atoms with Gasteiger partial charge in [0.05, 0.1) is 12.1 Å². The van der Waals surface area contributed by atoms with Gasteiger partial charge in [-0.25, -0.2) is 0 Å². The quantitative estimate of drug-likeness (QED) is 0.883. The maximum Gasteiger partial charge on any atom is 0.154 e. The summed E-state index contributed by atoms with van der Waals surface area (Å²) in [4.78, 5) is 25.4. The molecule has 1 N–H and O–H groups in total. The van der Waals surface area contributed by atoms with Crippen LogP contribution >= 0.6 is 0 Å². The zero-order valence-electron chi connectivity index (χ0n) is 15.9. The Balaban J connectivity index is 0.000000156. The number of carbonyl (C=O) groups excluding carboxylic acids is 2. The van der Waals surface area contributed by atoms with Crippen molar-refractivity contribution < 1.29 is 9.59 Å². The molecule has 2 heterocycles. The predicted molar refractivity (Wildman–Crippen MR) is 107 cm³/mol. The molecule has 2 aliphatic heterocycles. The smallest absolute Gasteiger partial charge is 0.154 e. The van der Waals surface area contributed by atoms with Gasteiger partial charge >= 0.3 is 0 Å². The number of carbonyl (C=O) groups is 2. The molecule has 2 aromatic rings. The van der Waals surface area contributed by atoms with Gasteiger partial charge < -0.3 is 5.32 Å². The number of ketones is 2. The Morgan fingerprint density at radius 1 is 0.815 bits per heavy atom. The standard InChI is InChI=1S/C12H15NO.C11H13NO/c1-13-9-5-8-11(14)12(13)10-6-3-2-4-7-10;13-10-7-4-8-12-11(10)9-5-2-1-3-6-9/h2-4,6-7,12H,5,8-9H2,1H3;1-3,5-6,11-12H,4,7-8H2/t12-;11-/m00/s1. The lowest BCUT2D eigenvalue weighted by Gasteiger charge is -2.31. The topological polar surface area (TPSA) is 49.4 Å². The van der Waals surface area contributed by atoms with Crippen molar-refractivity contribution in [1.82, 2.24) is 10.2 Å². The van der Waals surface area contributed by atoms with E-state index >= 15 is 0 Å². The van der Waals surface area contributed by atoms with Crippen LogP contribution in [-0.4, -0.2) is 36.6 Å². The molecule has 0 unspecified atom stereocenters. The first-order valence-corrected chi connectivity index (χ1v) is 9.76. The average molecular weight is 364 g/mol. The van der Waals surface area contributed by atoms with Gasteiger partial charge in [0.2, 0.25) is 0 Å². The van der Waals surface area contributed by atoms with Crippen molar-refractivity contribution >= 4 is 11.6 Å². The van der Waals surface area contributed by atoms with E-state index in [2.05, 4.69) is 10.2 Å². The van der Waals surface area contributed by atoms with E-state index in [0.29, 0.717) is 18.0 Å². The highest BCUT2D eigenvalue weighted by Crippen LogP contribution is 2.26. The number of likely N-dealkylation sites (tertiary alicyclic amines) is 1. The Labute approximate surface area is 161 Å². The molecule has 0 saturated carbocycles. The summed E-state index contributed by atoms with van der Waals surface area (Å²) in [5.41, 5.74) is 2.21. The SMILES string of the molecule is CN1CCCC(=O)[C@@H]1c1ccccc1.O=C1CCCN[C@H]1c1ccccc1. The fourth-order valence-electron chi connectivity index (χ4n) is 3.81. The molecule has 0 radical (unpaired) electrons. The summed E-state index contributed by atoms with van der Waals surface area (Å²) in [5.74, 6) is 0.669. The van der Waals surface area contributed by atoms with E-state index in [1.807, 2.05) is 67.7 Å². The molecule has 142 valence electrons.